The van der Waals surface area contributed by atoms with E-state index < -0.39 is 33.7 Å². The summed E-state index contributed by atoms with van der Waals surface area (Å²) in [6.45, 7) is 0. The van der Waals surface area contributed by atoms with E-state index in [4.69, 9.17) is 26.9 Å². The van der Waals surface area contributed by atoms with Gasteiger partial charge in [-0.2, -0.15) is 0 Å². The maximum atomic E-state index is 10.5. The number of hydrogen-bond acceptors (Lipinski definition) is 6. The van der Waals surface area contributed by atoms with Gasteiger partial charge in [-0.1, -0.05) is 10.8 Å². The molecule has 0 aromatic carbocycles. The molecular formula is C8H17N3O5S2. The predicted molar refractivity (Wildman–Crippen MR) is 69.4 cm³/mol. The number of carboxylic acid groups (broad SMARTS) is 2. The van der Waals surface area contributed by atoms with Crippen LogP contribution >= 0.6 is 10.8 Å². The molecule has 0 amide bonds. The lowest BCUT2D eigenvalue weighted by Gasteiger charge is -2.09. The van der Waals surface area contributed by atoms with E-state index in [1.165, 1.54) is 10.8 Å². The van der Waals surface area contributed by atoms with Crippen molar-refractivity contribution >= 4 is 32.5 Å². The summed E-state index contributed by atoms with van der Waals surface area (Å²) in [5, 5.41) is 25.9. The lowest BCUT2D eigenvalue weighted by Crippen LogP contribution is -2.31. The summed E-state index contributed by atoms with van der Waals surface area (Å²) in [5.41, 5.74) is 10.6. The van der Waals surface area contributed by atoms with Gasteiger partial charge in [0, 0.05) is 11.5 Å². The number of aliphatic carboxylic acids is 2. The van der Waals surface area contributed by atoms with Crippen molar-refractivity contribution in [2.45, 2.75) is 24.9 Å². The fourth-order valence-electron chi connectivity index (χ4n) is 0.869. The molecule has 0 rings (SSSR count). The van der Waals surface area contributed by atoms with E-state index in [2.05, 4.69) is 4.53 Å². The first kappa shape index (κ1) is 17.3. The third-order valence-corrected chi connectivity index (χ3v) is 5.43. The average molecular weight is 299 g/mol. The molecule has 7 N–H and O–H groups in total. The largest absolute Gasteiger partial charge is 0.480 e. The summed E-state index contributed by atoms with van der Waals surface area (Å²) in [4.78, 5) is 20.9. The van der Waals surface area contributed by atoms with Crippen LogP contribution in [0.15, 0.2) is 4.53 Å². The minimum absolute atomic E-state index is 0.195. The molecule has 8 nitrogen and oxygen atoms in total. The fourth-order valence-corrected chi connectivity index (χ4v) is 3.76. The minimum Gasteiger partial charge on any atom is -0.480 e. The zero-order valence-electron chi connectivity index (χ0n) is 9.56. The highest BCUT2D eigenvalue weighted by Gasteiger charge is 2.14. The Morgan fingerprint density at radius 3 is 2.11 bits per heavy atom. The monoisotopic (exact) mass is 299 g/mol. The van der Waals surface area contributed by atoms with E-state index in [0.29, 0.717) is 11.5 Å². The number of nitrogens with zero attached hydrogens (tertiary/aromatic N) is 1. The van der Waals surface area contributed by atoms with Crippen LogP contribution in [0.4, 0.5) is 0 Å². The topological polar surface area (TPSA) is 159 Å². The Morgan fingerprint density at radius 1 is 1.17 bits per heavy atom. The van der Waals surface area contributed by atoms with Gasteiger partial charge >= 0.3 is 11.9 Å². The maximum absolute atomic E-state index is 10.5. The Kier molecular flexibility index (Phi) is 8.93. The van der Waals surface area contributed by atoms with E-state index in [-0.39, 0.29) is 12.8 Å². The molecule has 3 atom stereocenters. The number of carbonyl (C=O) groups is 2. The number of rotatable bonds is 9. The Morgan fingerprint density at radius 2 is 1.67 bits per heavy atom. The van der Waals surface area contributed by atoms with Crippen LogP contribution in [0.5, 0.6) is 0 Å². The van der Waals surface area contributed by atoms with Gasteiger partial charge in [0.2, 0.25) is 0 Å². The van der Waals surface area contributed by atoms with Gasteiger partial charge in [-0.25, -0.2) is 0 Å². The van der Waals surface area contributed by atoms with Crippen molar-refractivity contribution in [3.05, 3.63) is 0 Å². The van der Waals surface area contributed by atoms with Gasteiger partial charge in [0.15, 0.2) is 0 Å². The first-order valence-electron chi connectivity index (χ1n) is 5.04. The lowest BCUT2D eigenvalue weighted by molar-refractivity contribution is -0.139. The van der Waals surface area contributed by atoms with Crippen LogP contribution in [0, 0.1) is 0 Å². The molecule has 0 aliphatic carbocycles. The standard InChI is InChI=1S/C8H17N3O5S2/c9-5(7(12)13)1-3-17-18(11-16)4-2-6(10)8(14)15/h5-6,16H,1-4,9-10H2,(H,12,13)(H,14,15)/t5?,6-,18?/m0/s1. The Labute approximate surface area is 110 Å². The molecule has 0 aromatic rings. The first-order valence-corrected chi connectivity index (χ1v) is 7.90. The van der Waals surface area contributed by atoms with Gasteiger partial charge in [-0.15, -0.1) is 4.53 Å². The molecule has 0 saturated carbocycles. The van der Waals surface area contributed by atoms with Crippen molar-refractivity contribution in [2.75, 3.05) is 11.5 Å². The van der Waals surface area contributed by atoms with Crippen LogP contribution in [0.25, 0.3) is 0 Å². The zero-order valence-corrected chi connectivity index (χ0v) is 11.2. The molecule has 18 heavy (non-hydrogen) atoms. The molecule has 0 fully saturated rings. The summed E-state index contributed by atoms with van der Waals surface area (Å²) in [6, 6.07) is -1.92. The van der Waals surface area contributed by atoms with Gasteiger partial charge in [0.25, 0.3) is 0 Å². The van der Waals surface area contributed by atoms with Crippen LogP contribution in [-0.2, 0) is 19.3 Å². The molecule has 2 unspecified atom stereocenters. The van der Waals surface area contributed by atoms with Gasteiger partial charge in [0.05, 0.1) is 0 Å². The molecule has 0 aliphatic rings. The highest BCUT2D eigenvalue weighted by molar-refractivity contribution is 8.70. The number of carboxylic acids is 2. The highest BCUT2D eigenvalue weighted by atomic mass is 33.1. The zero-order chi connectivity index (χ0) is 14.1. The molecule has 0 heterocycles. The first-order chi connectivity index (χ1) is 8.38. The number of nitrogens with two attached hydrogens (primary N) is 2. The van der Waals surface area contributed by atoms with E-state index in [1.54, 1.807) is 0 Å². The van der Waals surface area contributed by atoms with Crippen molar-refractivity contribution in [2.24, 2.45) is 16.0 Å². The summed E-state index contributed by atoms with van der Waals surface area (Å²) in [6.07, 6.45) is 0.449. The van der Waals surface area contributed by atoms with Crippen LogP contribution in [0.1, 0.15) is 12.8 Å². The van der Waals surface area contributed by atoms with E-state index >= 15 is 0 Å². The highest BCUT2D eigenvalue weighted by Crippen LogP contribution is 2.14. The predicted octanol–water partition coefficient (Wildman–Crippen LogP) is -0.570. The second-order valence-electron chi connectivity index (χ2n) is 3.40. The minimum atomic E-state index is -1.10. The summed E-state index contributed by atoms with van der Waals surface area (Å²) < 4.78 is 3.12. The molecule has 0 saturated heterocycles. The smallest absolute Gasteiger partial charge is 0.320 e. The van der Waals surface area contributed by atoms with Crippen LogP contribution < -0.4 is 11.5 Å². The third kappa shape index (κ3) is 7.61. The normalized spacial score (nSPS) is 16.2. The second kappa shape index (κ2) is 9.28. The molecule has 0 radical (unpaired) electrons. The quantitative estimate of drug-likeness (QED) is 0.279. The average Bonchev–Trinajstić information content (AvgIpc) is 2.32. The van der Waals surface area contributed by atoms with Crippen LogP contribution in [0.2, 0.25) is 0 Å². The van der Waals surface area contributed by atoms with E-state index in [1.807, 2.05) is 0 Å². The van der Waals surface area contributed by atoms with Crippen molar-refractivity contribution < 1.29 is 25.0 Å². The molecule has 0 bridgehead atoms. The summed E-state index contributed by atoms with van der Waals surface area (Å²) in [5.74, 6) is -1.43. The van der Waals surface area contributed by atoms with Gasteiger partial charge in [-0.05, 0) is 22.6 Å². The second-order valence-corrected chi connectivity index (χ2v) is 7.12. The molecule has 0 aliphatic heterocycles. The van der Waals surface area contributed by atoms with Gasteiger partial charge in [0.1, 0.15) is 12.1 Å². The fraction of sp³-hybridized carbons (Fsp3) is 0.750. The molecule has 0 aromatic heterocycles. The molecule has 10 heteroatoms. The van der Waals surface area contributed by atoms with Crippen molar-refractivity contribution in [3.63, 3.8) is 0 Å². The molecule has 106 valence electrons. The van der Waals surface area contributed by atoms with E-state index in [0.717, 1.165) is 0 Å². The number of hydrogen-bond donors (Lipinski definition) is 5. The van der Waals surface area contributed by atoms with Gasteiger partial charge in [-0.3, -0.25) is 14.8 Å². The van der Waals surface area contributed by atoms with Crippen molar-refractivity contribution in [1.82, 2.24) is 0 Å². The summed E-state index contributed by atoms with van der Waals surface area (Å²) in [7, 11) is 0.447. The van der Waals surface area contributed by atoms with Crippen molar-refractivity contribution in [3.8, 4) is 0 Å². The third-order valence-electron chi connectivity index (χ3n) is 1.98. The lowest BCUT2D eigenvalue weighted by atomic mass is 10.2. The van der Waals surface area contributed by atoms with E-state index in [9.17, 15) is 9.59 Å². The van der Waals surface area contributed by atoms with Crippen LogP contribution in [0.3, 0.4) is 0 Å². The Bertz CT molecular complexity index is 326. The SMILES string of the molecule is NC(CCSS(CC[C@H](N)C(=O)O)=NO)C(=O)O. The maximum Gasteiger partial charge on any atom is 0.320 e. The summed E-state index contributed by atoms with van der Waals surface area (Å²) >= 11 is 0. The Hall–Kier alpha value is -0.680. The Balaban J connectivity index is 3.92. The molecular weight excluding hydrogens is 282 g/mol. The van der Waals surface area contributed by atoms with Gasteiger partial charge < -0.3 is 21.7 Å². The van der Waals surface area contributed by atoms with Crippen LogP contribution in [-0.4, -0.2) is 50.9 Å². The molecule has 0 spiro atoms. The van der Waals surface area contributed by atoms with Crippen molar-refractivity contribution in [1.29, 1.82) is 0 Å².